The summed E-state index contributed by atoms with van der Waals surface area (Å²) in [5.41, 5.74) is 2.46. The minimum Gasteiger partial charge on any atom is -0.393 e. The van der Waals surface area contributed by atoms with Crippen molar-refractivity contribution < 1.29 is 13.5 Å². The number of benzene rings is 1. The van der Waals surface area contributed by atoms with E-state index in [4.69, 9.17) is 0 Å². The Hall–Kier alpha value is -0.910. The van der Waals surface area contributed by atoms with E-state index in [0.29, 0.717) is 11.3 Å². The molecule has 0 radical (unpaired) electrons. The van der Waals surface area contributed by atoms with Gasteiger partial charge in [0.25, 0.3) is 0 Å². The number of aliphatic hydroxyl groups is 1. The Kier molecular flexibility index (Phi) is 4.33. The van der Waals surface area contributed by atoms with Crippen LogP contribution in [0.4, 0.5) is 0 Å². The van der Waals surface area contributed by atoms with E-state index < -0.39 is 10.0 Å². The van der Waals surface area contributed by atoms with Crippen molar-refractivity contribution >= 4 is 10.0 Å². The van der Waals surface area contributed by atoms with Crippen molar-refractivity contribution in [3.8, 4) is 0 Å². The molecule has 1 fully saturated rings. The number of rotatable bonds is 3. The van der Waals surface area contributed by atoms with Crippen LogP contribution in [0, 0.1) is 0 Å². The van der Waals surface area contributed by atoms with Gasteiger partial charge in [0.15, 0.2) is 0 Å². The number of nitrogens with one attached hydrogen (secondary N) is 1. The third kappa shape index (κ3) is 3.47. The van der Waals surface area contributed by atoms with Crippen LogP contribution in [-0.4, -0.2) is 25.7 Å². The second-order valence-corrected chi connectivity index (χ2v) is 7.99. The minimum atomic E-state index is -3.48. The zero-order valence-corrected chi connectivity index (χ0v) is 13.0. The summed E-state index contributed by atoms with van der Waals surface area (Å²) in [6, 6.07) is 5.36. The highest BCUT2D eigenvalue weighted by atomic mass is 32.2. The molecule has 2 aliphatic carbocycles. The smallest absolute Gasteiger partial charge is 0.240 e. The van der Waals surface area contributed by atoms with E-state index in [1.807, 2.05) is 12.1 Å². The summed E-state index contributed by atoms with van der Waals surface area (Å²) in [5.74, 6) is 0. The van der Waals surface area contributed by atoms with Crippen LogP contribution >= 0.6 is 0 Å². The van der Waals surface area contributed by atoms with Gasteiger partial charge in [0.05, 0.1) is 11.0 Å². The first-order chi connectivity index (χ1) is 10.0. The molecule has 5 heteroatoms. The van der Waals surface area contributed by atoms with Crippen molar-refractivity contribution in [3.05, 3.63) is 29.3 Å². The Labute approximate surface area is 126 Å². The largest absolute Gasteiger partial charge is 0.393 e. The Morgan fingerprint density at radius 1 is 1.05 bits per heavy atom. The lowest BCUT2D eigenvalue weighted by molar-refractivity contribution is 0.117. The van der Waals surface area contributed by atoms with Crippen LogP contribution in [0.25, 0.3) is 0 Å². The monoisotopic (exact) mass is 309 g/mol. The fraction of sp³-hybridized carbons (Fsp3) is 0.625. The molecule has 1 aromatic carbocycles. The Bertz CT molecular complexity index is 612. The first-order valence-electron chi connectivity index (χ1n) is 7.87. The predicted molar refractivity (Wildman–Crippen MR) is 81.7 cm³/mol. The van der Waals surface area contributed by atoms with Gasteiger partial charge in [-0.3, -0.25) is 0 Å². The lowest BCUT2D eigenvalue weighted by atomic mass is 9.92. The zero-order valence-electron chi connectivity index (χ0n) is 12.2. The first-order valence-corrected chi connectivity index (χ1v) is 9.35. The molecule has 0 bridgehead atoms. The van der Waals surface area contributed by atoms with Crippen LogP contribution < -0.4 is 4.72 Å². The quantitative estimate of drug-likeness (QED) is 0.899. The lowest BCUT2D eigenvalue weighted by Gasteiger charge is -2.26. The second kappa shape index (κ2) is 6.07. The van der Waals surface area contributed by atoms with E-state index in [2.05, 4.69) is 4.72 Å². The summed E-state index contributed by atoms with van der Waals surface area (Å²) in [6.45, 7) is 0. The van der Waals surface area contributed by atoms with Gasteiger partial charge in [0.1, 0.15) is 0 Å². The summed E-state index contributed by atoms with van der Waals surface area (Å²) >= 11 is 0. The van der Waals surface area contributed by atoms with Gasteiger partial charge in [-0.05, 0) is 74.6 Å². The van der Waals surface area contributed by atoms with Gasteiger partial charge in [-0.15, -0.1) is 0 Å². The third-order valence-electron chi connectivity index (χ3n) is 4.60. The summed E-state index contributed by atoms with van der Waals surface area (Å²) < 4.78 is 27.8. The minimum absolute atomic E-state index is 0.144. The van der Waals surface area contributed by atoms with Crippen molar-refractivity contribution in [2.24, 2.45) is 0 Å². The van der Waals surface area contributed by atoms with Crippen LogP contribution in [0.1, 0.15) is 49.7 Å². The molecule has 1 saturated carbocycles. The molecule has 2 aliphatic rings. The molecule has 21 heavy (non-hydrogen) atoms. The fourth-order valence-corrected chi connectivity index (χ4v) is 4.77. The lowest BCUT2D eigenvalue weighted by Crippen LogP contribution is -2.39. The molecule has 3 rings (SSSR count). The maximum atomic E-state index is 12.5. The van der Waals surface area contributed by atoms with Crippen LogP contribution in [0.15, 0.2) is 23.1 Å². The average Bonchev–Trinajstić information content (AvgIpc) is 2.46. The van der Waals surface area contributed by atoms with Crippen molar-refractivity contribution in [1.82, 2.24) is 4.72 Å². The van der Waals surface area contributed by atoms with E-state index in [-0.39, 0.29) is 12.1 Å². The van der Waals surface area contributed by atoms with Gasteiger partial charge in [-0.1, -0.05) is 6.07 Å². The van der Waals surface area contributed by atoms with Gasteiger partial charge < -0.3 is 5.11 Å². The molecule has 0 heterocycles. The predicted octanol–water partition coefficient (Wildman–Crippen LogP) is 2.15. The molecule has 0 aliphatic heterocycles. The molecule has 1 aromatic rings. The van der Waals surface area contributed by atoms with Crippen LogP contribution in [-0.2, 0) is 22.9 Å². The number of sulfonamides is 1. The summed E-state index contributed by atoms with van der Waals surface area (Å²) in [5, 5.41) is 9.67. The molecule has 2 atom stereocenters. The summed E-state index contributed by atoms with van der Waals surface area (Å²) in [7, 11) is -3.48. The molecule has 116 valence electrons. The maximum absolute atomic E-state index is 12.5. The van der Waals surface area contributed by atoms with E-state index >= 15 is 0 Å². The van der Waals surface area contributed by atoms with Gasteiger partial charge in [-0.25, -0.2) is 13.1 Å². The fourth-order valence-electron chi connectivity index (χ4n) is 3.44. The molecule has 0 aromatic heterocycles. The zero-order chi connectivity index (χ0) is 14.9. The van der Waals surface area contributed by atoms with Crippen molar-refractivity contribution in [2.75, 3.05) is 0 Å². The molecular weight excluding hydrogens is 286 g/mol. The third-order valence-corrected chi connectivity index (χ3v) is 6.12. The van der Waals surface area contributed by atoms with Gasteiger partial charge in [-0.2, -0.15) is 0 Å². The topological polar surface area (TPSA) is 66.4 Å². The highest BCUT2D eigenvalue weighted by molar-refractivity contribution is 7.89. The molecule has 2 N–H and O–H groups in total. The number of hydrogen-bond donors (Lipinski definition) is 2. The molecule has 0 unspecified atom stereocenters. The molecule has 0 spiro atoms. The van der Waals surface area contributed by atoms with Gasteiger partial charge in [0, 0.05) is 6.04 Å². The van der Waals surface area contributed by atoms with Crippen LogP contribution in [0.3, 0.4) is 0 Å². The number of aliphatic hydroxyl groups excluding tert-OH is 1. The highest BCUT2D eigenvalue weighted by Gasteiger charge is 2.26. The summed E-state index contributed by atoms with van der Waals surface area (Å²) in [4.78, 5) is 0.364. The highest BCUT2D eigenvalue weighted by Crippen LogP contribution is 2.25. The van der Waals surface area contributed by atoms with Crippen LogP contribution in [0.5, 0.6) is 0 Å². The molecular formula is C16H23NO3S. The second-order valence-electron chi connectivity index (χ2n) is 6.28. The van der Waals surface area contributed by atoms with Gasteiger partial charge in [0.2, 0.25) is 10.0 Å². The van der Waals surface area contributed by atoms with Crippen molar-refractivity contribution in [2.45, 2.75) is 68.4 Å². The van der Waals surface area contributed by atoms with E-state index in [1.165, 1.54) is 17.5 Å². The van der Waals surface area contributed by atoms with E-state index in [9.17, 15) is 13.5 Å². The molecule has 0 saturated heterocycles. The first kappa shape index (κ1) is 15.0. The number of aryl methyl sites for hydroxylation is 2. The van der Waals surface area contributed by atoms with Gasteiger partial charge >= 0.3 is 0 Å². The SMILES string of the molecule is O=S(=O)(N[C@@H]1CCC[C@@H](O)C1)c1ccc2c(c1)CCCC2. The standard InChI is InChI=1S/C16H23NO3S/c18-15-7-3-6-14(11-15)17-21(19,20)16-9-8-12-4-1-2-5-13(12)10-16/h8-10,14-15,17-18H,1-7,11H2/t14-,15-/m1/s1. The molecule has 0 amide bonds. The Morgan fingerprint density at radius 3 is 2.57 bits per heavy atom. The Balaban J connectivity index is 1.78. The number of hydrogen-bond acceptors (Lipinski definition) is 3. The van der Waals surface area contributed by atoms with E-state index in [0.717, 1.165) is 38.5 Å². The van der Waals surface area contributed by atoms with E-state index in [1.54, 1.807) is 6.07 Å². The maximum Gasteiger partial charge on any atom is 0.240 e. The average molecular weight is 309 g/mol. The normalized spacial score (nSPS) is 26.3. The molecule has 4 nitrogen and oxygen atoms in total. The van der Waals surface area contributed by atoms with Crippen LogP contribution in [0.2, 0.25) is 0 Å². The summed E-state index contributed by atoms with van der Waals surface area (Å²) in [6.07, 6.45) is 6.95. The number of fused-ring (bicyclic) bond motifs is 1. The Morgan fingerprint density at radius 2 is 1.81 bits per heavy atom. The van der Waals surface area contributed by atoms with Crippen molar-refractivity contribution in [3.63, 3.8) is 0 Å². The van der Waals surface area contributed by atoms with Crippen molar-refractivity contribution in [1.29, 1.82) is 0 Å².